The quantitative estimate of drug-likeness (QED) is 0.0519. The number of benzene rings is 4. The van der Waals surface area contributed by atoms with Gasteiger partial charge in [-0.3, -0.25) is 24.0 Å². The van der Waals surface area contributed by atoms with Crippen molar-refractivity contribution < 1.29 is 47.8 Å². The first-order valence-electron chi connectivity index (χ1n) is 19.5. The maximum Gasteiger partial charge on any atom is 0.333 e. The molecule has 4 aromatic carbocycles. The van der Waals surface area contributed by atoms with Crippen LogP contribution < -0.4 is 19.5 Å². The number of rotatable bonds is 18. The smallest absolute Gasteiger partial charge is 0.333 e. The number of esters is 1. The lowest BCUT2D eigenvalue weighted by Gasteiger charge is -2.32. The summed E-state index contributed by atoms with van der Waals surface area (Å²) in [5.74, 6) is -0.750. The molecule has 0 aromatic heterocycles. The highest BCUT2D eigenvalue weighted by atomic mass is 16.7. The Morgan fingerprint density at radius 2 is 1.42 bits per heavy atom. The molecule has 0 spiro atoms. The molecule has 1 aliphatic carbocycles. The molecule has 57 heavy (non-hydrogen) atoms. The summed E-state index contributed by atoms with van der Waals surface area (Å²) in [4.78, 5) is 82.7. The molecule has 296 valence electrons. The first kappa shape index (κ1) is 39.0. The highest BCUT2D eigenvalue weighted by molar-refractivity contribution is 6.01. The van der Waals surface area contributed by atoms with Gasteiger partial charge in [-0.15, -0.1) is 5.06 Å². The van der Waals surface area contributed by atoms with Crippen LogP contribution in [0.1, 0.15) is 93.4 Å². The van der Waals surface area contributed by atoms with Gasteiger partial charge in [0.15, 0.2) is 11.5 Å². The normalized spacial score (nSPS) is 15.1. The Morgan fingerprint density at radius 1 is 0.737 bits per heavy atom. The minimum absolute atomic E-state index is 0.0591. The summed E-state index contributed by atoms with van der Waals surface area (Å²) in [6.07, 6.45) is 5.64. The van der Waals surface area contributed by atoms with Gasteiger partial charge in [-0.25, -0.2) is 4.79 Å². The van der Waals surface area contributed by atoms with Gasteiger partial charge >= 0.3 is 11.9 Å². The van der Waals surface area contributed by atoms with Crippen molar-refractivity contribution in [3.8, 4) is 17.2 Å². The van der Waals surface area contributed by atoms with Crippen LogP contribution in [0.15, 0.2) is 84.9 Å². The van der Waals surface area contributed by atoms with E-state index in [1.165, 1.54) is 0 Å². The van der Waals surface area contributed by atoms with Crippen molar-refractivity contribution in [3.05, 3.63) is 102 Å². The molecular weight excluding hydrogens is 730 g/mol. The highest BCUT2D eigenvalue weighted by Crippen LogP contribution is 2.38. The molecule has 7 rings (SSSR count). The van der Waals surface area contributed by atoms with Crippen LogP contribution in [0.4, 0.5) is 0 Å². The third-order valence-electron chi connectivity index (χ3n) is 10.2. The summed E-state index contributed by atoms with van der Waals surface area (Å²) in [6.45, 7) is 0.454. The number of hydroxylamine groups is 2. The lowest BCUT2D eigenvalue weighted by atomic mass is 9.98. The Bertz CT molecular complexity index is 2130. The standard InChI is InChI=1S/C44H45N3O10/c48-38-21-22-39(49)47(38)57-42(52)12-8-3-1-2-7-11-41(51)56-35-19-16-31-25-33(15-14-32(31)26-35)43(44(53)45-27-29-9-5-4-6-10-29)46(34-17-18-34)40(50)24-30-13-20-36-37(23-30)55-28-54-36/h4-6,9-10,13-16,19-20,23,25-26,34,43H,1-3,7-8,11-12,17-18,21-22,24,27-28H2,(H,45,53). The van der Waals surface area contributed by atoms with Crippen molar-refractivity contribution >= 4 is 46.3 Å². The van der Waals surface area contributed by atoms with E-state index < -0.39 is 23.8 Å². The summed E-state index contributed by atoms with van der Waals surface area (Å²) in [5.41, 5.74) is 2.40. The predicted molar refractivity (Wildman–Crippen MR) is 206 cm³/mol. The van der Waals surface area contributed by atoms with Gasteiger partial charge in [0.2, 0.25) is 18.6 Å². The van der Waals surface area contributed by atoms with Crippen LogP contribution in [0.5, 0.6) is 17.2 Å². The largest absolute Gasteiger partial charge is 0.454 e. The van der Waals surface area contributed by atoms with E-state index in [-0.39, 0.29) is 62.7 Å². The Balaban J connectivity index is 0.955. The van der Waals surface area contributed by atoms with Crippen LogP contribution in [-0.2, 0) is 46.6 Å². The molecule has 2 heterocycles. The molecule has 13 heteroatoms. The molecule has 3 aliphatic rings. The van der Waals surface area contributed by atoms with Crippen LogP contribution in [0.25, 0.3) is 10.8 Å². The maximum absolute atomic E-state index is 14.1. The number of hydrogen-bond donors (Lipinski definition) is 1. The third kappa shape index (κ3) is 10.1. The second-order valence-corrected chi connectivity index (χ2v) is 14.6. The van der Waals surface area contributed by atoms with E-state index in [0.29, 0.717) is 47.3 Å². The van der Waals surface area contributed by atoms with Gasteiger partial charge in [-0.05, 0) is 83.5 Å². The van der Waals surface area contributed by atoms with Gasteiger partial charge in [0.1, 0.15) is 11.8 Å². The van der Waals surface area contributed by atoms with Crippen LogP contribution in [-0.4, -0.2) is 58.4 Å². The van der Waals surface area contributed by atoms with Crippen molar-refractivity contribution in [2.75, 3.05) is 6.79 Å². The lowest BCUT2D eigenvalue weighted by Crippen LogP contribution is -2.45. The number of hydrogen-bond acceptors (Lipinski definition) is 10. The van der Waals surface area contributed by atoms with Gasteiger partial charge in [0.05, 0.1) is 6.42 Å². The molecule has 4 aromatic rings. The fourth-order valence-corrected chi connectivity index (χ4v) is 7.08. The van der Waals surface area contributed by atoms with E-state index in [9.17, 15) is 28.8 Å². The zero-order valence-corrected chi connectivity index (χ0v) is 31.6. The summed E-state index contributed by atoms with van der Waals surface area (Å²) < 4.78 is 16.6. The Morgan fingerprint density at radius 3 is 2.18 bits per heavy atom. The fraction of sp³-hybridized carbons (Fsp3) is 0.364. The van der Waals surface area contributed by atoms with E-state index in [2.05, 4.69) is 5.32 Å². The predicted octanol–water partition coefficient (Wildman–Crippen LogP) is 6.40. The van der Waals surface area contributed by atoms with Crippen LogP contribution in [0.3, 0.4) is 0 Å². The highest BCUT2D eigenvalue weighted by Gasteiger charge is 2.41. The van der Waals surface area contributed by atoms with Crippen molar-refractivity contribution in [2.45, 2.75) is 95.7 Å². The van der Waals surface area contributed by atoms with Gasteiger partial charge < -0.3 is 29.3 Å². The number of carbonyl (C=O) groups is 6. The molecule has 2 aliphatic heterocycles. The topological polar surface area (TPSA) is 158 Å². The third-order valence-corrected chi connectivity index (χ3v) is 10.2. The molecule has 1 saturated heterocycles. The summed E-state index contributed by atoms with van der Waals surface area (Å²) in [5, 5.41) is 5.28. The van der Waals surface area contributed by atoms with Gasteiger partial charge in [0, 0.05) is 38.3 Å². The van der Waals surface area contributed by atoms with E-state index in [0.717, 1.165) is 54.0 Å². The first-order chi connectivity index (χ1) is 27.7. The van der Waals surface area contributed by atoms with Crippen LogP contribution in [0, 0.1) is 0 Å². The number of fused-ring (bicyclic) bond motifs is 2. The number of nitrogens with zero attached hydrogens (tertiary/aromatic N) is 2. The zero-order chi connectivity index (χ0) is 39.7. The number of carbonyl (C=O) groups excluding carboxylic acids is 6. The van der Waals surface area contributed by atoms with Crippen molar-refractivity contribution in [3.63, 3.8) is 0 Å². The summed E-state index contributed by atoms with van der Waals surface area (Å²) in [6, 6.07) is 25.2. The van der Waals surface area contributed by atoms with Crippen LogP contribution >= 0.6 is 0 Å². The van der Waals surface area contributed by atoms with Crippen molar-refractivity contribution in [1.29, 1.82) is 0 Å². The Hall–Kier alpha value is -6.24. The molecule has 2 fully saturated rings. The minimum atomic E-state index is -0.871. The molecule has 1 N–H and O–H groups in total. The summed E-state index contributed by atoms with van der Waals surface area (Å²) in [7, 11) is 0. The lowest BCUT2D eigenvalue weighted by molar-refractivity contribution is -0.197. The summed E-state index contributed by atoms with van der Waals surface area (Å²) >= 11 is 0. The molecule has 4 amide bonds. The number of unbranched alkanes of at least 4 members (excludes halogenated alkanes) is 4. The number of imide groups is 1. The van der Waals surface area contributed by atoms with Crippen LogP contribution in [0.2, 0.25) is 0 Å². The molecule has 1 unspecified atom stereocenters. The molecule has 1 saturated carbocycles. The molecule has 0 radical (unpaired) electrons. The molecule has 13 nitrogen and oxygen atoms in total. The van der Waals surface area contributed by atoms with Gasteiger partial charge in [-0.2, -0.15) is 0 Å². The second kappa shape index (κ2) is 18.1. The van der Waals surface area contributed by atoms with Crippen molar-refractivity contribution in [2.24, 2.45) is 0 Å². The molecule has 1 atom stereocenters. The van der Waals surface area contributed by atoms with E-state index >= 15 is 0 Å². The molecule has 0 bridgehead atoms. The van der Waals surface area contributed by atoms with E-state index in [1.54, 1.807) is 23.1 Å². The fourth-order valence-electron chi connectivity index (χ4n) is 7.08. The minimum Gasteiger partial charge on any atom is -0.454 e. The van der Waals surface area contributed by atoms with Crippen molar-refractivity contribution in [1.82, 2.24) is 15.3 Å². The number of amides is 4. The van der Waals surface area contributed by atoms with E-state index in [1.807, 2.05) is 66.7 Å². The SMILES string of the molecule is O=C(CCCCCCCC(=O)ON1C(=O)CCC1=O)Oc1ccc2cc(C(C(=O)NCc3ccccc3)N(C(=O)Cc3ccc4c(c3)OCO4)C3CC3)ccc2c1. The van der Waals surface area contributed by atoms with E-state index in [4.69, 9.17) is 19.0 Å². The monoisotopic (exact) mass is 775 g/mol. The maximum atomic E-state index is 14.1. The number of nitrogens with one attached hydrogen (secondary N) is 1. The average molecular weight is 776 g/mol. The first-order valence-corrected chi connectivity index (χ1v) is 19.5. The Labute approximate surface area is 330 Å². The number of ether oxygens (including phenoxy) is 3. The zero-order valence-electron chi connectivity index (χ0n) is 31.6. The second-order valence-electron chi connectivity index (χ2n) is 14.6. The van der Waals surface area contributed by atoms with Gasteiger partial charge in [-0.1, -0.05) is 73.9 Å². The molecular formula is C44H45N3O10. The van der Waals surface area contributed by atoms with Gasteiger partial charge in [0.25, 0.3) is 11.8 Å². The average Bonchev–Trinajstić information content (AvgIpc) is 3.86. The Kier molecular flexibility index (Phi) is 12.4.